The summed E-state index contributed by atoms with van der Waals surface area (Å²) < 4.78 is 11.8. The van der Waals surface area contributed by atoms with Crippen molar-refractivity contribution >= 4 is 14.0 Å². The van der Waals surface area contributed by atoms with Gasteiger partial charge < -0.3 is 10.00 Å². The van der Waals surface area contributed by atoms with E-state index in [1.807, 2.05) is 6.07 Å². The van der Waals surface area contributed by atoms with E-state index >= 15 is 0 Å². The van der Waals surface area contributed by atoms with Crippen LogP contribution in [0, 0.1) is 5.92 Å². The van der Waals surface area contributed by atoms with E-state index in [2.05, 4.69) is 0 Å². The molecule has 0 radical (unpaired) electrons. The fourth-order valence-corrected chi connectivity index (χ4v) is 4.52. The van der Waals surface area contributed by atoms with Crippen LogP contribution in [0.25, 0.3) is 0 Å². The largest absolute Gasteiger partial charge is 0.481 e. The molecule has 0 heterocycles. The number of carboxylic acid groups (broad SMARTS) is 1. The lowest BCUT2D eigenvalue weighted by Crippen LogP contribution is -2.26. The summed E-state index contributed by atoms with van der Waals surface area (Å²) in [6.07, 6.45) is 6.15. The van der Waals surface area contributed by atoms with Gasteiger partial charge in [0.2, 0.25) is 0 Å². The summed E-state index contributed by atoms with van der Waals surface area (Å²) in [7, 11) is -2.89. The zero-order chi connectivity index (χ0) is 15.2. The highest BCUT2D eigenvalue weighted by Crippen LogP contribution is 2.42. The molecule has 4 nitrogen and oxygen atoms in total. The van der Waals surface area contributed by atoms with Crippen LogP contribution in [0.15, 0.2) is 30.3 Å². The lowest BCUT2D eigenvalue weighted by molar-refractivity contribution is -0.139. The van der Waals surface area contributed by atoms with E-state index in [1.54, 1.807) is 24.3 Å². The van der Waals surface area contributed by atoms with Crippen LogP contribution in [-0.2, 0) is 9.36 Å². The average Bonchev–Trinajstić information content (AvgIpc) is 2.48. The van der Waals surface area contributed by atoms with Gasteiger partial charge in [0.25, 0.3) is 0 Å². The number of aliphatic carboxylic acids is 1. The lowest BCUT2D eigenvalue weighted by Gasteiger charge is -2.28. The first-order valence-corrected chi connectivity index (χ1v) is 9.03. The molecule has 1 aromatic rings. The molecule has 1 saturated carbocycles. The monoisotopic (exact) mass is 310 g/mol. The smallest absolute Gasteiger partial charge is 0.311 e. The first-order valence-electron chi connectivity index (χ1n) is 7.60. The number of carboxylic acids is 1. The molecule has 116 valence electrons. The Balaban J connectivity index is 2.20. The molecule has 21 heavy (non-hydrogen) atoms. The van der Waals surface area contributed by atoms with Crippen molar-refractivity contribution in [2.24, 2.45) is 5.92 Å². The molecule has 1 aliphatic rings. The van der Waals surface area contributed by atoms with Gasteiger partial charge >= 0.3 is 5.97 Å². The van der Waals surface area contributed by atoms with Gasteiger partial charge in [0.05, 0.1) is 11.6 Å². The molecule has 2 N–H and O–H groups in total. The van der Waals surface area contributed by atoms with Gasteiger partial charge in [-0.1, -0.05) is 62.4 Å². The predicted octanol–water partition coefficient (Wildman–Crippen LogP) is 3.66. The van der Waals surface area contributed by atoms with E-state index in [0.717, 1.165) is 25.7 Å². The third-order valence-corrected chi connectivity index (χ3v) is 5.66. The van der Waals surface area contributed by atoms with E-state index < -0.39 is 25.6 Å². The summed E-state index contributed by atoms with van der Waals surface area (Å²) >= 11 is 0. The van der Waals surface area contributed by atoms with Gasteiger partial charge in [0.15, 0.2) is 8.03 Å². The first kappa shape index (κ1) is 16.3. The molecular formula is C16H23O4P. The van der Waals surface area contributed by atoms with E-state index in [0.29, 0.717) is 17.9 Å². The maximum absolute atomic E-state index is 11.8. The van der Waals surface area contributed by atoms with Crippen LogP contribution < -0.4 is 0 Å². The Hall–Kier alpha value is -1.12. The van der Waals surface area contributed by atoms with Crippen molar-refractivity contribution in [3.05, 3.63) is 35.9 Å². The highest BCUT2D eigenvalue weighted by atomic mass is 31.1. The molecule has 2 rings (SSSR count). The Morgan fingerprint density at radius 1 is 1.19 bits per heavy atom. The number of hydrogen-bond donors (Lipinski definition) is 2. The summed E-state index contributed by atoms with van der Waals surface area (Å²) in [5.74, 6) is -1.51. The Labute approximate surface area is 126 Å². The number of carbonyl (C=O) groups is 1. The van der Waals surface area contributed by atoms with E-state index in [1.165, 1.54) is 6.42 Å². The van der Waals surface area contributed by atoms with E-state index in [9.17, 15) is 19.4 Å². The molecule has 3 unspecified atom stereocenters. The van der Waals surface area contributed by atoms with Crippen molar-refractivity contribution in [3.8, 4) is 0 Å². The molecule has 0 amide bonds. The minimum absolute atomic E-state index is 0.385. The van der Waals surface area contributed by atoms with E-state index in [-0.39, 0.29) is 0 Å². The summed E-state index contributed by atoms with van der Waals surface area (Å²) in [6, 6.07) is 8.84. The zero-order valence-electron chi connectivity index (χ0n) is 12.1. The van der Waals surface area contributed by atoms with Gasteiger partial charge in [-0.2, -0.15) is 0 Å². The van der Waals surface area contributed by atoms with Crippen molar-refractivity contribution < 1.29 is 19.4 Å². The van der Waals surface area contributed by atoms with Crippen LogP contribution in [0.5, 0.6) is 0 Å². The molecule has 1 aliphatic carbocycles. The molecule has 0 aliphatic heterocycles. The quantitative estimate of drug-likeness (QED) is 0.786. The highest BCUT2D eigenvalue weighted by molar-refractivity contribution is 7.39. The molecular weight excluding hydrogens is 287 g/mol. The third-order valence-electron chi connectivity index (χ3n) is 4.46. The molecule has 0 spiro atoms. The van der Waals surface area contributed by atoms with Gasteiger partial charge in [-0.05, 0) is 17.9 Å². The van der Waals surface area contributed by atoms with Gasteiger partial charge in [-0.15, -0.1) is 0 Å². The molecule has 0 aromatic heterocycles. The second-order valence-corrected chi connectivity index (χ2v) is 7.33. The second kappa shape index (κ2) is 7.77. The second-order valence-electron chi connectivity index (χ2n) is 5.91. The SMILES string of the molecule is O=C(O)C(c1ccccc1)C(CC1CCCCC1)[PH](=O)O. The molecule has 0 bridgehead atoms. The first-order chi connectivity index (χ1) is 10.1. The number of hydrogen-bond acceptors (Lipinski definition) is 2. The van der Waals surface area contributed by atoms with Gasteiger partial charge in [-0.25, -0.2) is 0 Å². The Bertz CT molecular complexity index is 482. The van der Waals surface area contributed by atoms with Crippen LogP contribution in [0.1, 0.15) is 50.0 Å². The maximum atomic E-state index is 11.8. The average molecular weight is 310 g/mol. The van der Waals surface area contributed by atoms with Gasteiger partial charge in [0, 0.05) is 0 Å². The third kappa shape index (κ3) is 4.42. The standard InChI is InChI=1S/C16H23O4P/c17-16(18)15(13-9-5-2-6-10-13)14(21(19)20)11-12-7-3-1-4-8-12/h2,5-6,9-10,12,14-15,21H,1,3-4,7-8,11H2,(H,17,18)(H,19,20). The van der Waals surface area contributed by atoms with Gasteiger partial charge in [-0.3, -0.25) is 9.36 Å². The molecule has 1 fully saturated rings. The normalized spacial score (nSPS) is 20.6. The fraction of sp³-hybridized carbons (Fsp3) is 0.562. The van der Waals surface area contributed by atoms with Crippen molar-refractivity contribution in [1.82, 2.24) is 0 Å². The van der Waals surface area contributed by atoms with Crippen molar-refractivity contribution in [3.63, 3.8) is 0 Å². The lowest BCUT2D eigenvalue weighted by atomic mass is 9.82. The zero-order valence-corrected chi connectivity index (χ0v) is 13.1. The van der Waals surface area contributed by atoms with Gasteiger partial charge in [0.1, 0.15) is 0 Å². The summed E-state index contributed by atoms with van der Waals surface area (Å²) in [5.41, 5.74) is -0.0452. The van der Waals surface area contributed by atoms with Crippen molar-refractivity contribution in [2.75, 3.05) is 0 Å². The van der Waals surface area contributed by atoms with Crippen molar-refractivity contribution in [2.45, 2.75) is 50.1 Å². The van der Waals surface area contributed by atoms with Crippen LogP contribution in [0.3, 0.4) is 0 Å². The van der Waals surface area contributed by atoms with Crippen LogP contribution in [0.2, 0.25) is 0 Å². The maximum Gasteiger partial charge on any atom is 0.311 e. The summed E-state index contributed by atoms with van der Waals surface area (Å²) in [4.78, 5) is 21.4. The minimum atomic E-state index is -2.89. The molecule has 5 heteroatoms. The molecule has 0 saturated heterocycles. The number of benzene rings is 1. The summed E-state index contributed by atoms with van der Waals surface area (Å²) in [5, 5.41) is 9.54. The Morgan fingerprint density at radius 3 is 2.33 bits per heavy atom. The topological polar surface area (TPSA) is 74.6 Å². The Kier molecular flexibility index (Phi) is 6.01. The molecule has 1 aromatic carbocycles. The van der Waals surface area contributed by atoms with Crippen LogP contribution in [-0.4, -0.2) is 21.6 Å². The minimum Gasteiger partial charge on any atom is -0.481 e. The highest BCUT2D eigenvalue weighted by Gasteiger charge is 2.35. The van der Waals surface area contributed by atoms with E-state index in [4.69, 9.17) is 0 Å². The van der Waals surface area contributed by atoms with Crippen LogP contribution in [0.4, 0.5) is 0 Å². The molecule has 3 atom stereocenters. The predicted molar refractivity (Wildman–Crippen MR) is 83.0 cm³/mol. The summed E-state index contributed by atoms with van der Waals surface area (Å²) in [6.45, 7) is 0. The van der Waals surface area contributed by atoms with Crippen LogP contribution >= 0.6 is 8.03 Å². The number of rotatable bonds is 6. The Morgan fingerprint density at radius 2 is 1.81 bits per heavy atom. The fourth-order valence-electron chi connectivity index (χ4n) is 3.37. The van der Waals surface area contributed by atoms with Crippen molar-refractivity contribution in [1.29, 1.82) is 0 Å².